The average molecular weight is 245 g/mol. The van der Waals surface area contributed by atoms with Crippen molar-refractivity contribution in [2.75, 3.05) is 19.8 Å². The Morgan fingerprint density at radius 1 is 1.59 bits per heavy atom. The van der Waals surface area contributed by atoms with Gasteiger partial charge in [-0.15, -0.1) is 0 Å². The molecule has 1 rings (SSSR count). The SMILES string of the molecule is CCCCC(=O)NCCOC1OCCCC1O. The van der Waals surface area contributed by atoms with E-state index in [2.05, 4.69) is 12.2 Å². The molecule has 0 bridgehead atoms. The van der Waals surface area contributed by atoms with E-state index in [4.69, 9.17) is 9.47 Å². The summed E-state index contributed by atoms with van der Waals surface area (Å²) in [5.74, 6) is 0.0561. The molecule has 5 heteroatoms. The van der Waals surface area contributed by atoms with Crippen molar-refractivity contribution < 1.29 is 19.4 Å². The van der Waals surface area contributed by atoms with Crippen molar-refractivity contribution in [2.24, 2.45) is 0 Å². The minimum absolute atomic E-state index is 0.0561. The van der Waals surface area contributed by atoms with Crippen molar-refractivity contribution in [1.82, 2.24) is 5.32 Å². The van der Waals surface area contributed by atoms with Crippen LogP contribution in [0.3, 0.4) is 0 Å². The Morgan fingerprint density at radius 3 is 3.12 bits per heavy atom. The van der Waals surface area contributed by atoms with Crippen LogP contribution in [0.4, 0.5) is 0 Å². The third-order valence-electron chi connectivity index (χ3n) is 2.70. The molecule has 0 aromatic carbocycles. The molecule has 0 aliphatic carbocycles. The van der Waals surface area contributed by atoms with Crippen LogP contribution in [0.15, 0.2) is 0 Å². The Labute approximate surface area is 102 Å². The summed E-state index contributed by atoms with van der Waals surface area (Å²) < 4.78 is 10.6. The van der Waals surface area contributed by atoms with Crippen LogP contribution in [0.5, 0.6) is 0 Å². The minimum atomic E-state index is -0.542. The number of amides is 1. The van der Waals surface area contributed by atoms with Crippen molar-refractivity contribution in [3.8, 4) is 0 Å². The number of aliphatic hydroxyl groups is 1. The zero-order valence-electron chi connectivity index (χ0n) is 10.5. The Morgan fingerprint density at radius 2 is 2.41 bits per heavy atom. The van der Waals surface area contributed by atoms with E-state index in [-0.39, 0.29) is 5.91 Å². The molecule has 0 spiro atoms. The summed E-state index contributed by atoms with van der Waals surface area (Å²) >= 11 is 0. The molecule has 0 aromatic rings. The maximum atomic E-state index is 11.3. The Balaban J connectivity index is 2.01. The number of ether oxygens (including phenoxy) is 2. The van der Waals surface area contributed by atoms with E-state index in [9.17, 15) is 9.90 Å². The molecule has 0 aromatic heterocycles. The van der Waals surface area contributed by atoms with Crippen LogP contribution < -0.4 is 5.32 Å². The van der Waals surface area contributed by atoms with Crippen LogP contribution in [0.1, 0.15) is 39.0 Å². The van der Waals surface area contributed by atoms with Crippen molar-refractivity contribution in [3.63, 3.8) is 0 Å². The predicted molar refractivity (Wildman–Crippen MR) is 63.5 cm³/mol. The number of hydrogen-bond donors (Lipinski definition) is 2. The summed E-state index contributed by atoms with van der Waals surface area (Å²) in [7, 11) is 0. The molecule has 0 radical (unpaired) electrons. The molecule has 1 heterocycles. The first-order valence-electron chi connectivity index (χ1n) is 6.42. The first-order valence-corrected chi connectivity index (χ1v) is 6.42. The maximum absolute atomic E-state index is 11.3. The molecule has 5 nitrogen and oxygen atoms in total. The largest absolute Gasteiger partial charge is 0.388 e. The molecule has 1 saturated heterocycles. The van der Waals surface area contributed by atoms with Gasteiger partial charge in [-0.1, -0.05) is 13.3 Å². The lowest BCUT2D eigenvalue weighted by atomic mass is 10.1. The van der Waals surface area contributed by atoms with Gasteiger partial charge in [0.05, 0.1) is 6.61 Å². The van der Waals surface area contributed by atoms with E-state index in [0.29, 0.717) is 32.6 Å². The van der Waals surface area contributed by atoms with Gasteiger partial charge in [0.1, 0.15) is 6.10 Å². The molecule has 17 heavy (non-hydrogen) atoms. The van der Waals surface area contributed by atoms with E-state index >= 15 is 0 Å². The number of hydrogen-bond acceptors (Lipinski definition) is 4. The molecule has 2 atom stereocenters. The van der Waals surface area contributed by atoms with E-state index < -0.39 is 12.4 Å². The molecular formula is C12H23NO4. The predicted octanol–water partition coefficient (Wildman–Crippen LogP) is 0.807. The van der Waals surface area contributed by atoms with Gasteiger partial charge in [-0.2, -0.15) is 0 Å². The third kappa shape index (κ3) is 6.00. The van der Waals surface area contributed by atoms with Gasteiger partial charge in [-0.05, 0) is 19.3 Å². The molecule has 2 N–H and O–H groups in total. The highest BCUT2D eigenvalue weighted by atomic mass is 16.7. The van der Waals surface area contributed by atoms with Gasteiger partial charge >= 0.3 is 0 Å². The standard InChI is InChI=1S/C12H23NO4/c1-2-3-6-11(15)13-7-9-17-12-10(14)5-4-8-16-12/h10,12,14H,2-9H2,1H3,(H,13,15). The second kappa shape index (κ2) is 8.44. The van der Waals surface area contributed by atoms with Crippen LogP contribution in [-0.4, -0.2) is 43.2 Å². The highest BCUT2D eigenvalue weighted by Gasteiger charge is 2.24. The van der Waals surface area contributed by atoms with Crippen LogP contribution in [0, 0.1) is 0 Å². The first-order chi connectivity index (χ1) is 8.24. The monoisotopic (exact) mass is 245 g/mol. The number of carbonyl (C=O) groups is 1. The van der Waals surface area contributed by atoms with Gasteiger partial charge < -0.3 is 19.9 Å². The fourth-order valence-corrected chi connectivity index (χ4v) is 1.69. The normalized spacial score (nSPS) is 24.6. The molecule has 0 saturated carbocycles. The van der Waals surface area contributed by atoms with Gasteiger partial charge in [0, 0.05) is 19.6 Å². The van der Waals surface area contributed by atoms with Crippen molar-refractivity contribution in [2.45, 2.75) is 51.4 Å². The lowest BCUT2D eigenvalue weighted by Gasteiger charge is -2.27. The van der Waals surface area contributed by atoms with Crippen LogP contribution in [0.25, 0.3) is 0 Å². The van der Waals surface area contributed by atoms with E-state index in [0.717, 1.165) is 19.3 Å². The van der Waals surface area contributed by atoms with Gasteiger partial charge in [-0.3, -0.25) is 4.79 Å². The lowest BCUT2D eigenvalue weighted by molar-refractivity contribution is -0.213. The summed E-state index contributed by atoms with van der Waals surface area (Å²) in [6, 6.07) is 0. The topological polar surface area (TPSA) is 67.8 Å². The highest BCUT2D eigenvalue weighted by molar-refractivity contribution is 5.75. The number of unbranched alkanes of at least 4 members (excludes halogenated alkanes) is 1. The zero-order chi connectivity index (χ0) is 12.5. The van der Waals surface area contributed by atoms with Crippen molar-refractivity contribution >= 4 is 5.91 Å². The Kier molecular flexibility index (Phi) is 7.16. The second-order valence-corrected chi connectivity index (χ2v) is 4.27. The van der Waals surface area contributed by atoms with Crippen LogP contribution in [-0.2, 0) is 14.3 Å². The number of rotatable bonds is 7. The molecule has 1 amide bonds. The fraction of sp³-hybridized carbons (Fsp3) is 0.917. The minimum Gasteiger partial charge on any atom is -0.388 e. The summed E-state index contributed by atoms with van der Waals surface area (Å²) in [4.78, 5) is 11.3. The molecule has 1 fully saturated rings. The van der Waals surface area contributed by atoms with E-state index in [1.807, 2.05) is 0 Å². The number of carbonyl (C=O) groups excluding carboxylic acids is 1. The van der Waals surface area contributed by atoms with Crippen molar-refractivity contribution in [1.29, 1.82) is 0 Å². The Hall–Kier alpha value is -0.650. The van der Waals surface area contributed by atoms with Gasteiger partial charge in [0.25, 0.3) is 0 Å². The summed E-state index contributed by atoms with van der Waals surface area (Å²) in [5, 5.41) is 12.3. The number of nitrogens with one attached hydrogen (secondary N) is 1. The highest BCUT2D eigenvalue weighted by Crippen LogP contribution is 2.14. The molecule has 100 valence electrons. The Bertz CT molecular complexity index is 223. The number of aliphatic hydroxyl groups excluding tert-OH is 1. The average Bonchev–Trinajstić information content (AvgIpc) is 2.34. The smallest absolute Gasteiger partial charge is 0.220 e. The molecule has 2 unspecified atom stereocenters. The van der Waals surface area contributed by atoms with Gasteiger partial charge in [-0.25, -0.2) is 0 Å². The molecule has 1 aliphatic rings. The fourth-order valence-electron chi connectivity index (χ4n) is 1.69. The van der Waals surface area contributed by atoms with Crippen LogP contribution in [0.2, 0.25) is 0 Å². The van der Waals surface area contributed by atoms with Gasteiger partial charge in [0.2, 0.25) is 5.91 Å². The maximum Gasteiger partial charge on any atom is 0.220 e. The van der Waals surface area contributed by atoms with E-state index in [1.54, 1.807) is 0 Å². The van der Waals surface area contributed by atoms with Gasteiger partial charge in [0.15, 0.2) is 6.29 Å². The second-order valence-electron chi connectivity index (χ2n) is 4.27. The van der Waals surface area contributed by atoms with E-state index in [1.165, 1.54) is 0 Å². The molecule has 1 aliphatic heterocycles. The molecular weight excluding hydrogens is 222 g/mol. The summed E-state index contributed by atoms with van der Waals surface area (Å²) in [6.45, 7) is 3.53. The summed E-state index contributed by atoms with van der Waals surface area (Å²) in [6.07, 6.45) is 3.01. The summed E-state index contributed by atoms with van der Waals surface area (Å²) in [5.41, 5.74) is 0. The first kappa shape index (κ1) is 14.4. The van der Waals surface area contributed by atoms with Crippen molar-refractivity contribution in [3.05, 3.63) is 0 Å². The lowest BCUT2D eigenvalue weighted by Crippen LogP contribution is -2.38. The zero-order valence-corrected chi connectivity index (χ0v) is 10.5. The van der Waals surface area contributed by atoms with Crippen LogP contribution >= 0.6 is 0 Å². The quantitative estimate of drug-likeness (QED) is 0.651. The third-order valence-corrected chi connectivity index (χ3v) is 2.70.